The number of hydrogen-bond donors (Lipinski definition) is 1. The van der Waals surface area contributed by atoms with E-state index >= 15 is 0 Å². The molecule has 0 aliphatic carbocycles. The largest absolute Gasteiger partial charge is 0.339 e. The van der Waals surface area contributed by atoms with Gasteiger partial charge in [0.05, 0.1) is 5.69 Å². The molecule has 0 radical (unpaired) electrons. The van der Waals surface area contributed by atoms with Crippen LogP contribution in [0.25, 0.3) is 0 Å². The summed E-state index contributed by atoms with van der Waals surface area (Å²) >= 11 is 6.96. The average Bonchev–Trinajstić information content (AvgIpc) is 2.33. The minimum atomic E-state index is 0.291. The fourth-order valence-corrected chi connectivity index (χ4v) is 2.37. The number of hydrogen-bond acceptors (Lipinski definition) is 3. The van der Waals surface area contributed by atoms with Gasteiger partial charge in [-0.05, 0) is 56.5 Å². The molecule has 1 heterocycles. The van der Waals surface area contributed by atoms with Crippen molar-refractivity contribution in [3.63, 3.8) is 0 Å². The van der Waals surface area contributed by atoms with Crippen molar-refractivity contribution in [1.82, 2.24) is 9.97 Å². The van der Waals surface area contributed by atoms with Crippen LogP contribution >= 0.6 is 31.9 Å². The van der Waals surface area contributed by atoms with Gasteiger partial charge in [-0.1, -0.05) is 19.9 Å². The first kappa shape index (κ1) is 14.5. The Bertz CT molecular complexity index is 597. The van der Waals surface area contributed by atoms with Crippen molar-refractivity contribution in [3.8, 4) is 0 Å². The van der Waals surface area contributed by atoms with Gasteiger partial charge in [0.15, 0.2) is 0 Å². The number of anilines is 2. The van der Waals surface area contributed by atoms with Gasteiger partial charge in [0, 0.05) is 16.5 Å². The van der Waals surface area contributed by atoms with Gasteiger partial charge >= 0.3 is 0 Å². The Labute approximate surface area is 130 Å². The van der Waals surface area contributed by atoms with Gasteiger partial charge in [0.1, 0.15) is 16.2 Å². The molecule has 0 unspecified atom stereocenters. The molecule has 0 amide bonds. The average molecular weight is 385 g/mol. The monoisotopic (exact) mass is 383 g/mol. The minimum absolute atomic E-state index is 0.291. The van der Waals surface area contributed by atoms with Gasteiger partial charge < -0.3 is 5.32 Å². The van der Waals surface area contributed by atoms with E-state index in [1.54, 1.807) is 0 Å². The first-order chi connectivity index (χ1) is 8.95. The maximum absolute atomic E-state index is 4.53. The molecule has 0 bridgehead atoms. The molecule has 2 aromatic rings. The third-order valence-corrected chi connectivity index (χ3v) is 3.71. The van der Waals surface area contributed by atoms with Crippen LogP contribution < -0.4 is 5.32 Å². The Kier molecular flexibility index (Phi) is 4.58. The summed E-state index contributed by atoms with van der Waals surface area (Å²) in [6, 6.07) is 8.04. The molecule has 0 aliphatic heterocycles. The zero-order valence-electron chi connectivity index (χ0n) is 11.0. The molecule has 0 saturated carbocycles. The predicted octanol–water partition coefficient (Wildman–Crippen LogP) is 5.18. The molecule has 0 atom stereocenters. The van der Waals surface area contributed by atoms with Crippen molar-refractivity contribution in [2.75, 3.05) is 5.32 Å². The summed E-state index contributed by atoms with van der Waals surface area (Å²) in [5.41, 5.74) is 2.20. The Morgan fingerprint density at radius 1 is 1.11 bits per heavy atom. The Morgan fingerprint density at radius 3 is 2.53 bits per heavy atom. The van der Waals surface area contributed by atoms with E-state index in [1.807, 2.05) is 12.1 Å². The molecular formula is C14H15Br2N3. The molecule has 0 fully saturated rings. The Hall–Kier alpha value is -0.940. The molecule has 5 heteroatoms. The molecule has 0 aliphatic rings. The van der Waals surface area contributed by atoms with Crippen LogP contribution in [0.2, 0.25) is 0 Å². The third kappa shape index (κ3) is 3.76. The summed E-state index contributed by atoms with van der Waals surface area (Å²) in [4.78, 5) is 8.89. The first-order valence-electron chi connectivity index (χ1n) is 6.03. The van der Waals surface area contributed by atoms with Crippen molar-refractivity contribution in [3.05, 3.63) is 44.7 Å². The lowest BCUT2D eigenvalue weighted by Gasteiger charge is -2.11. The number of nitrogens with zero attached hydrogens (tertiary/aromatic N) is 2. The molecule has 100 valence electrons. The van der Waals surface area contributed by atoms with E-state index in [0.29, 0.717) is 5.92 Å². The van der Waals surface area contributed by atoms with Gasteiger partial charge in [-0.3, -0.25) is 0 Å². The van der Waals surface area contributed by atoms with Crippen LogP contribution in [0.15, 0.2) is 33.3 Å². The van der Waals surface area contributed by atoms with Crippen molar-refractivity contribution >= 4 is 43.4 Å². The second-order valence-corrected chi connectivity index (χ2v) is 6.36. The van der Waals surface area contributed by atoms with Crippen LogP contribution in [0.4, 0.5) is 11.5 Å². The van der Waals surface area contributed by atoms with Crippen LogP contribution in [0.5, 0.6) is 0 Å². The molecule has 1 N–H and O–H groups in total. The van der Waals surface area contributed by atoms with E-state index in [0.717, 1.165) is 26.4 Å². The maximum Gasteiger partial charge on any atom is 0.135 e. The third-order valence-electron chi connectivity index (χ3n) is 2.61. The van der Waals surface area contributed by atoms with Crippen molar-refractivity contribution < 1.29 is 0 Å². The van der Waals surface area contributed by atoms with Crippen molar-refractivity contribution in [2.45, 2.75) is 26.7 Å². The standard InChI is InChI=1S/C14H15Br2N3/c1-8(2)14-18-12(16)7-13(19-14)17-11-6-9(3)4-5-10(11)15/h4-8H,1-3H3,(H,17,18,19). The van der Waals surface area contributed by atoms with Gasteiger partial charge in [-0.15, -0.1) is 0 Å². The van der Waals surface area contributed by atoms with Crippen molar-refractivity contribution in [1.29, 1.82) is 0 Å². The summed E-state index contributed by atoms with van der Waals surface area (Å²) in [6.45, 7) is 6.22. The topological polar surface area (TPSA) is 37.8 Å². The van der Waals surface area contributed by atoms with E-state index in [2.05, 4.69) is 80.0 Å². The lowest BCUT2D eigenvalue weighted by atomic mass is 10.2. The van der Waals surface area contributed by atoms with Gasteiger partial charge in [-0.2, -0.15) is 0 Å². The molecule has 3 nitrogen and oxygen atoms in total. The Balaban J connectivity index is 2.35. The second kappa shape index (κ2) is 6.01. The highest BCUT2D eigenvalue weighted by atomic mass is 79.9. The number of aryl methyl sites for hydroxylation is 1. The van der Waals surface area contributed by atoms with Crippen LogP contribution in [0.3, 0.4) is 0 Å². The lowest BCUT2D eigenvalue weighted by molar-refractivity contribution is 0.771. The zero-order valence-corrected chi connectivity index (χ0v) is 14.2. The number of nitrogens with one attached hydrogen (secondary N) is 1. The van der Waals surface area contributed by atoms with E-state index in [-0.39, 0.29) is 0 Å². The lowest BCUT2D eigenvalue weighted by Crippen LogP contribution is -2.02. The minimum Gasteiger partial charge on any atom is -0.339 e. The maximum atomic E-state index is 4.53. The number of aromatic nitrogens is 2. The van der Waals surface area contributed by atoms with Crippen LogP contribution in [-0.2, 0) is 0 Å². The number of rotatable bonds is 3. The molecule has 0 saturated heterocycles. The summed E-state index contributed by atoms with van der Waals surface area (Å²) in [5.74, 6) is 1.90. The van der Waals surface area contributed by atoms with E-state index in [1.165, 1.54) is 5.56 Å². The van der Waals surface area contributed by atoms with E-state index in [4.69, 9.17) is 0 Å². The summed E-state index contributed by atoms with van der Waals surface area (Å²) in [5, 5.41) is 3.32. The molecule has 1 aromatic carbocycles. The summed E-state index contributed by atoms with van der Waals surface area (Å²) in [7, 11) is 0. The molecular weight excluding hydrogens is 370 g/mol. The first-order valence-corrected chi connectivity index (χ1v) is 7.62. The SMILES string of the molecule is Cc1ccc(Br)c(Nc2cc(Br)nc(C(C)C)n2)c1. The summed E-state index contributed by atoms with van der Waals surface area (Å²) < 4.78 is 1.80. The fourth-order valence-electron chi connectivity index (χ4n) is 1.63. The highest BCUT2D eigenvalue weighted by Crippen LogP contribution is 2.27. The number of benzene rings is 1. The molecule has 19 heavy (non-hydrogen) atoms. The second-order valence-electron chi connectivity index (χ2n) is 4.70. The summed E-state index contributed by atoms with van der Waals surface area (Å²) in [6.07, 6.45) is 0. The normalized spacial score (nSPS) is 10.8. The highest BCUT2D eigenvalue weighted by molar-refractivity contribution is 9.10. The van der Waals surface area contributed by atoms with E-state index in [9.17, 15) is 0 Å². The predicted molar refractivity (Wildman–Crippen MR) is 86.0 cm³/mol. The van der Waals surface area contributed by atoms with E-state index < -0.39 is 0 Å². The van der Waals surface area contributed by atoms with Gasteiger partial charge in [0.25, 0.3) is 0 Å². The van der Waals surface area contributed by atoms with Crippen LogP contribution in [0, 0.1) is 6.92 Å². The smallest absolute Gasteiger partial charge is 0.135 e. The van der Waals surface area contributed by atoms with Crippen LogP contribution in [0.1, 0.15) is 31.2 Å². The molecule has 2 rings (SSSR count). The molecule has 0 spiro atoms. The fraction of sp³-hybridized carbons (Fsp3) is 0.286. The van der Waals surface area contributed by atoms with Gasteiger partial charge in [0.2, 0.25) is 0 Å². The highest BCUT2D eigenvalue weighted by Gasteiger charge is 2.08. The van der Waals surface area contributed by atoms with Crippen LogP contribution in [-0.4, -0.2) is 9.97 Å². The quantitative estimate of drug-likeness (QED) is 0.741. The molecule has 1 aromatic heterocycles. The number of halogens is 2. The van der Waals surface area contributed by atoms with Crippen molar-refractivity contribution in [2.24, 2.45) is 0 Å². The Morgan fingerprint density at radius 2 is 1.84 bits per heavy atom. The van der Waals surface area contributed by atoms with Gasteiger partial charge in [-0.25, -0.2) is 9.97 Å². The zero-order chi connectivity index (χ0) is 14.0.